The van der Waals surface area contributed by atoms with E-state index in [0.717, 1.165) is 103 Å². The highest BCUT2D eigenvalue weighted by Crippen LogP contribution is 2.30. The molecule has 0 fully saturated rings. The Morgan fingerprint density at radius 3 is 1.27 bits per heavy atom. The number of nitrogen functional groups attached to an aromatic ring is 3. The summed E-state index contributed by atoms with van der Waals surface area (Å²) in [7, 11) is -7.25. The van der Waals surface area contributed by atoms with Crippen molar-refractivity contribution in [1.29, 1.82) is 10.5 Å². The Hall–Kier alpha value is -6.26. The second-order valence-corrected chi connectivity index (χ2v) is 24.3. The zero-order chi connectivity index (χ0) is 59.5. The van der Waals surface area contributed by atoms with E-state index in [9.17, 15) is 41.9 Å². The lowest BCUT2D eigenvalue weighted by Gasteiger charge is -2.30. The second-order valence-electron chi connectivity index (χ2n) is 20.4. The van der Waals surface area contributed by atoms with Crippen LogP contribution in [0.5, 0.6) is 11.8 Å². The molecule has 0 saturated carbocycles. The molecular weight excluding hydrogens is 1040 g/mol. The van der Waals surface area contributed by atoms with Crippen LogP contribution in [-0.2, 0) is 20.0 Å². The highest BCUT2D eigenvalue weighted by Gasteiger charge is 2.30. The van der Waals surface area contributed by atoms with Gasteiger partial charge >= 0.3 is 0 Å². The summed E-state index contributed by atoms with van der Waals surface area (Å²) >= 11 is 0. The van der Waals surface area contributed by atoms with E-state index in [1.54, 1.807) is 51.9 Å². The van der Waals surface area contributed by atoms with Crippen molar-refractivity contribution in [3.8, 4) is 23.9 Å². The Morgan fingerprint density at radius 1 is 0.570 bits per heavy atom. The minimum atomic E-state index is -3.75. The van der Waals surface area contributed by atoms with E-state index in [2.05, 4.69) is 65.6 Å². The van der Waals surface area contributed by atoms with Gasteiger partial charge in [-0.3, -0.25) is 9.59 Å². The van der Waals surface area contributed by atoms with Crippen LogP contribution >= 0.6 is 0 Å². The van der Waals surface area contributed by atoms with Crippen molar-refractivity contribution >= 4 is 37.1 Å². The fraction of sp³-hybridized carbons (Fsp3) is 0.586. The first-order chi connectivity index (χ1) is 37.5. The Morgan fingerprint density at radius 2 is 0.924 bits per heavy atom. The number of azo groups is 1. The van der Waals surface area contributed by atoms with E-state index in [-0.39, 0.29) is 27.3 Å². The van der Waals surface area contributed by atoms with Crippen molar-refractivity contribution in [1.82, 2.24) is 18.0 Å². The van der Waals surface area contributed by atoms with E-state index in [1.165, 1.54) is 37.3 Å². The average molecular weight is 1130 g/mol. The summed E-state index contributed by atoms with van der Waals surface area (Å²) < 4.78 is 58.9. The molecule has 0 spiro atoms. The summed E-state index contributed by atoms with van der Waals surface area (Å²) in [5, 5.41) is 44.9. The van der Waals surface area contributed by atoms with Crippen LogP contribution in [0, 0.1) is 60.2 Å². The van der Waals surface area contributed by atoms with Crippen molar-refractivity contribution in [3.63, 3.8) is 0 Å². The molecule has 2 heterocycles. The predicted octanol–water partition coefficient (Wildman–Crippen LogP) is 11.4. The molecule has 438 valence electrons. The number of nitrogens with two attached hydrogens (primary N) is 3. The predicted molar refractivity (Wildman–Crippen MR) is 316 cm³/mol. The number of sulfonamides is 2. The highest BCUT2D eigenvalue weighted by molar-refractivity contribution is 7.89. The number of hydrogen-bond acceptors (Lipinski definition) is 15. The van der Waals surface area contributed by atoms with Crippen molar-refractivity contribution in [2.45, 2.75) is 182 Å². The first kappa shape index (κ1) is 68.8. The van der Waals surface area contributed by atoms with Crippen molar-refractivity contribution in [3.05, 3.63) is 97.6 Å². The number of unbranched alkanes of at least 4 members (excludes halogenated alkanes) is 4. The van der Waals surface area contributed by atoms with Gasteiger partial charge in [0.05, 0.1) is 15.5 Å². The normalized spacial score (nSPS) is 13.2. The molecule has 0 aliphatic carbocycles. The molecule has 0 bridgehead atoms. The molecule has 4 aromatic rings. The Balaban J connectivity index is 0.000000467. The number of anilines is 1. The largest absolute Gasteiger partial charge is 0.492 e. The van der Waals surface area contributed by atoms with Crippen LogP contribution in [0.2, 0.25) is 0 Å². The number of benzene rings is 2. The van der Waals surface area contributed by atoms with Gasteiger partial charge in [-0.2, -0.15) is 33.6 Å². The first-order valence-corrected chi connectivity index (χ1v) is 31.0. The summed E-state index contributed by atoms with van der Waals surface area (Å²) in [6.07, 6.45) is 17.0. The zero-order valence-corrected chi connectivity index (χ0v) is 50.3. The average Bonchev–Trinajstić information content (AvgIpc) is 3.44. The molecule has 19 nitrogen and oxygen atoms in total. The molecule has 2 aromatic heterocycles. The summed E-state index contributed by atoms with van der Waals surface area (Å²) in [6, 6.07) is 17.4. The topological polar surface area (TPSA) is 310 Å². The molecule has 4 unspecified atom stereocenters. The number of nitriles is 2. The molecule has 79 heavy (non-hydrogen) atoms. The number of aromatic hydroxyl groups is 2. The van der Waals surface area contributed by atoms with Crippen LogP contribution < -0.4 is 28.5 Å². The summed E-state index contributed by atoms with van der Waals surface area (Å²) in [5.41, 5.74) is 5.54. The van der Waals surface area contributed by atoms with E-state index >= 15 is 0 Å². The molecule has 0 radical (unpaired) electrons. The molecule has 4 rings (SSSR count). The summed E-state index contributed by atoms with van der Waals surface area (Å²) in [5.74, 6) is 11.0. The number of rotatable bonds is 30. The van der Waals surface area contributed by atoms with E-state index in [1.807, 2.05) is 0 Å². The lowest BCUT2D eigenvalue weighted by molar-refractivity contribution is 0.270. The van der Waals surface area contributed by atoms with Gasteiger partial charge in [-0.05, 0) is 117 Å². The lowest BCUT2D eigenvalue weighted by Crippen LogP contribution is -2.39. The lowest BCUT2D eigenvalue weighted by atomic mass is 9.97. The maximum atomic E-state index is 13.9. The van der Waals surface area contributed by atoms with Gasteiger partial charge in [0.2, 0.25) is 31.8 Å². The molecular formula is C58H91N11O8S2. The first-order valence-electron chi connectivity index (χ1n) is 28.1. The maximum Gasteiger partial charge on any atom is 0.299 e. The second kappa shape index (κ2) is 34.7. The van der Waals surface area contributed by atoms with Gasteiger partial charge in [-0.1, -0.05) is 132 Å². The van der Waals surface area contributed by atoms with Gasteiger partial charge in [0.15, 0.2) is 5.69 Å². The van der Waals surface area contributed by atoms with Crippen LogP contribution in [-0.4, -0.2) is 71.2 Å². The van der Waals surface area contributed by atoms with Crippen LogP contribution in [0.1, 0.15) is 180 Å². The fourth-order valence-electron chi connectivity index (χ4n) is 8.99. The number of aryl methyl sites for hydroxylation is 1. The number of nitrogens with zero attached hydrogens (tertiary/aromatic N) is 8. The van der Waals surface area contributed by atoms with E-state index in [4.69, 9.17) is 22.7 Å². The molecule has 0 aliphatic heterocycles. The number of hydrogen-bond donors (Lipinski definition) is 5. The van der Waals surface area contributed by atoms with Gasteiger partial charge in [-0.15, -0.1) is 5.11 Å². The van der Waals surface area contributed by atoms with Gasteiger partial charge < -0.3 is 27.6 Å². The Kier molecular flexibility index (Phi) is 30.2. The maximum absolute atomic E-state index is 13.9. The van der Waals surface area contributed by atoms with E-state index in [0.29, 0.717) is 81.0 Å². The third-order valence-corrected chi connectivity index (χ3v) is 18.2. The third-order valence-electron chi connectivity index (χ3n) is 14.5. The van der Waals surface area contributed by atoms with Gasteiger partial charge in [0.25, 0.3) is 11.1 Å². The quantitative estimate of drug-likeness (QED) is 0.0184. The molecule has 21 heteroatoms. The minimum absolute atomic E-state index is 0.0251. The molecule has 2 aromatic carbocycles. The van der Waals surface area contributed by atoms with Crippen LogP contribution in [0.3, 0.4) is 0 Å². The molecule has 0 amide bonds. The molecule has 4 atom stereocenters. The van der Waals surface area contributed by atoms with Crippen LogP contribution in [0.25, 0.3) is 0 Å². The van der Waals surface area contributed by atoms with Gasteiger partial charge in [-0.25, -0.2) is 16.8 Å². The standard InChI is InChI=1S/C29H44N6O4S.C22H40N2O2S.C7H7N3O2/c1-6-10-12-22(8-3)19-34(20-23(9-4)13-11-7-2)40(38,39)25-16-14-24(15-17-25)32-33-27-21(5)26(18-30)28(36)35(31)29(27)37;1-5-9-11-19(7-3)17-24(18-20(8-4)12-10-6-2)27(25,26)22-15-13-21(23)14-16-22;1-4-2-6(11)10(9)7(12)5(4)3-8/h14-17,22-23,36H,6-13,19-20,31H2,1-5H3;13-16,19-20H,5-12,17-18,23H2,1-4H3;2,12H,9H2,1H3. The monoisotopic (exact) mass is 1130 g/mol. The Labute approximate surface area is 471 Å². The van der Waals surface area contributed by atoms with Crippen LogP contribution in [0.4, 0.5) is 17.1 Å². The zero-order valence-electron chi connectivity index (χ0n) is 48.6. The molecule has 0 saturated heterocycles. The summed E-state index contributed by atoms with van der Waals surface area (Å²) in [6.45, 7) is 22.5. The fourth-order valence-corrected chi connectivity index (χ4v) is 12.2. The van der Waals surface area contributed by atoms with Crippen molar-refractivity contribution in [2.75, 3.05) is 43.6 Å². The van der Waals surface area contributed by atoms with Crippen molar-refractivity contribution < 1.29 is 27.0 Å². The molecule has 0 aliphatic rings. The molecule has 8 N–H and O–H groups in total. The van der Waals surface area contributed by atoms with Gasteiger partial charge in [0.1, 0.15) is 23.3 Å². The smallest absolute Gasteiger partial charge is 0.299 e. The highest BCUT2D eigenvalue weighted by atomic mass is 32.2. The number of pyridine rings is 2. The van der Waals surface area contributed by atoms with Crippen molar-refractivity contribution in [2.24, 2.45) is 33.9 Å². The minimum Gasteiger partial charge on any atom is -0.492 e. The number of aromatic nitrogens is 2. The van der Waals surface area contributed by atoms with Crippen LogP contribution in [0.15, 0.2) is 84.2 Å². The van der Waals surface area contributed by atoms with Gasteiger partial charge in [0, 0.05) is 43.5 Å². The van der Waals surface area contributed by atoms with E-state index < -0.39 is 42.9 Å². The Bertz CT molecular complexity index is 2930. The third kappa shape index (κ3) is 20.4. The SMILES string of the molecule is CCCCC(CC)CN(CC(CC)CCCC)S(=O)(=O)c1ccc(N)cc1.CCCCC(CC)CN(CC(CC)CCCC)S(=O)(=O)c1ccc(N=Nc2c(C)c(C#N)c(O)n(N)c2=O)cc1.Cc1cc(=O)n(N)c(O)c1C#N. The summed E-state index contributed by atoms with van der Waals surface area (Å²) in [4.78, 5) is 23.9.